The molecule has 0 aromatic rings. The zero-order chi connectivity index (χ0) is 15.2. The first-order chi connectivity index (χ1) is 10.1. The highest BCUT2D eigenvalue weighted by Crippen LogP contribution is 2.22. The number of likely N-dealkylation sites (N-methyl/N-ethyl adjacent to an activating group) is 1. The van der Waals surface area contributed by atoms with Crippen molar-refractivity contribution in [2.45, 2.75) is 64.0 Å². The second-order valence-corrected chi connectivity index (χ2v) is 6.34. The van der Waals surface area contributed by atoms with Gasteiger partial charge in [-0.3, -0.25) is 14.5 Å². The van der Waals surface area contributed by atoms with Crippen molar-refractivity contribution in [1.82, 2.24) is 15.1 Å². The summed E-state index contributed by atoms with van der Waals surface area (Å²) < 4.78 is 0. The molecular weight excluding hydrogens is 266 g/mol. The molecule has 1 heterocycles. The second-order valence-electron chi connectivity index (χ2n) is 6.34. The van der Waals surface area contributed by atoms with Crippen LogP contribution < -0.4 is 5.32 Å². The molecule has 120 valence electrons. The lowest BCUT2D eigenvalue weighted by Gasteiger charge is -2.34. The molecule has 1 saturated carbocycles. The number of nitrogens with zero attached hydrogens (tertiary/aromatic N) is 2. The van der Waals surface area contributed by atoms with Crippen molar-refractivity contribution < 1.29 is 9.59 Å². The molecule has 0 aromatic carbocycles. The Morgan fingerprint density at radius 3 is 2.67 bits per heavy atom. The SMILES string of the molecule is CC[C@H]1C(=O)NCCCN1CC(=O)N(C)C1CCCCC1. The Balaban J connectivity index is 1.94. The van der Waals surface area contributed by atoms with Crippen molar-refractivity contribution in [2.75, 3.05) is 26.7 Å². The molecule has 0 aromatic heterocycles. The zero-order valence-electron chi connectivity index (χ0n) is 13.4. The van der Waals surface area contributed by atoms with E-state index in [0.717, 1.165) is 38.8 Å². The van der Waals surface area contributed by atoms with E-state index in [0.29, 0.717) is 12.6 Å². The first kappa shape index (κ1) is 16.3. The van der Waals surface area contributed by atoms with Crippen LogP contribution in [0.4, 0.5) is 0 Å². The predicted octanol–water partition coefficient (Wildman–Crippen LogP) is 1.38. The standard InChI is InChI=1S/C16H29N3O2/c1-3-14-16(21)17-10-7-11-19(14)12-15(20)18(2)13-8-5-4-6-9-13/h13-14H,3-12H2,1-2H3,(H,17,21)/t14-/m0/s1. The largest absolute Gasteiger partial charge is 0.355 e. The number of rotatable bonds is 4. The van der Waals surface area contributed by atoms with Crippen LogP contribution in [0.5, 0.6) is 0 Å². The summed E-state index contributed by atoms with van der Waals surface area (Å²) in [4.78, 5) is 28.6. The molecule has 0 spiro atoms. The van der Waals surface area contributed by atoms with Crippen LogP contribution in [0.1, 0.15) is 51.9 Å². The van der Waals surface area contributed by atoms with Crippen molar-refractivity contribution in [3.63, 3.8) is 0 Å². The minimum Gasteiger partial charge on any atom is -0.355 e. The number of amides is 2. The number of hydrogen-bond donors (Lipinski definition) is 1. The lowest BCUT2D eigenvalue weighted by molar-refractivity contribution is -0.135. The Bertz CT molecular complexity index is 367. The second kappa shape index (κ2) is 7.78. The van der Waals surface area contributed by atoms with Crippen LogP contribution in [0.2, 0.25) is 0 Å². The molecule has 5 nitrogen and oxygen atoms in total. The minimum atomic E-state index is -0.156. The van der Waals surface area contributed by atoms with E-state index in [9.17, 15) is 9.59 Å². The third-order valence-corrected chi connectivity index (χ3v) is 4.91. The van der Waals surface area contributed by atoms with Crippen LogP contribution in [0.3, 0.4) is 0 Å². The molecule has 1 aliphatic carbocycles. The van der Waals surface area contributed by atoms with Crippen molar-refractivity contribution >= 4 is 11.8 Å². The van der Waals surface area contributed by atoms with Gasteiger partial charge in [-0.25, -0.2) is 0 Å². The summed E-state index contributed by atoms with van der Waals surface area (Å²) in [5.74, 6) is 0.234. The molecule has 1 N–H and O–H groups in total. The summed E-state index contributed by atoms with van der Waals surface area (Å²) in [5.41, 5.74) is 0. The number of carbonyl (C=O) groups excluding carboxylic acids is 2. The van der Waals surface area contributed by atoms with Crippen LogP contribution >= 0.6 is 0 Å². The highest BCUT2D eigenvalue weighted by Gasteiger charge is 2.30. The maximum Gasteiger partial charge on any atom is 0.237 e. The molecule has 1 aliphatic heterocycles. The molecule has 2 aliphatic rings. The predicted molar refractivity (Wildman–Crippen MR) is 82.9 cm³/mol. The first-order valence-corrected chi connectivity index (χ1v) is 8.41. The smallest absolute Gasteiger partial charge is 0.237 e. The molecule has 0 radical (unpaired) electrons. The van der Waals surface area contributed by atoms with E-state index in [4.69, 9.17) is 0 Å². The fourth-order valence-corrected chi connectivity index (χ4v) is 3.52. The quantitative estimate of drug-likeness (QED) is 0.852. The van der Waals surface area contributed by atoms with E-state index < -0.39 is 0 Å². The van der Waals surface area contributed by atoms with Crippen molar-refractivity contribution in [3.8, 4) is 0 Å². The Morgan fingerprint density at radius 1 is 1.29 bits per heavy atom. The van der Waals surface area contributed by atoms with E-state index in [1.807, 2.05) is 18.9 Å². The summed E-state index contributed by atoms with van der Waals surface area (Å²) in [6.45, 7) is 3.93. The molecule has 0 bridgehead atoms. The molecule has 21 heavy (non-hydrogen) atoms. The fraction of sp³-hybridized carbons (Fsp3) is 0.875. The lowest BCUT2D eigenvalue weighted by Crippen LogP contribution is -2.50. The molecule has 5 heteroatoms. The van der Waals surface area contributed by atoms with Gasteiger partial charge in [0.15, 0.2) is 0 Å². The van der Waals surface area contributed by atoms with Crippen LogP contribution in [-0.4, -0.2) is 60.4 Å². The molecule has 2 rings (SSSR count). The van der Waals surface area contributed by atoms with Gasteiger partial charge >= 0.3 is 0 Å². The third kappa shape index (κ3) is 4.19. The highest BCUT2D eigenvalue weighted by molar-refractivity contribution is 5.84. The Kier molecular flexibility index (Phi) is 6.03. The normalized spacial score (nSPS) is 25.2. The van der Waals surface area contributed by atoms with Gasteiger partial charge in [0.25, 0.3) is 0 Å². The molecule has 1 saturated heterocycles. The van der Waals surface area contributed by atoms with Crippen LogP contribution in [-0.2, 0) is 9.59 Å². The van der Waals surface area contributed by atoms with Crippen molar-refractivity contribution in [1.29, 1.82) is 0 Å². The number of hydrogen-bond acceptors (Lipinski definition) is 3. The van der Waals surface area contributed by atoms with Gasteiger partial charge in [0.1, 0.15) is 0 Å². The highest BCUT2D eigenvalue weighted by atomic mass is 16.2. The average molecular weight is 295 g/mol. The molecule has 1 atom stereocenters. The zero-order valence-corrected chi connectivity index (χ0v) is 13.4. The van der Waals surface area contributed by atoms with Gasteiger partial charge in [-0.2, -0.15) is 0 Å². The van der Waals surface area contributed by atoms with E-state index in [-0.39, 0.29) is 17.9 Å². The first-order valence-electron chi connectivity index (χ1n) is 8.41. The third-order valence-electron chi connectivity index (χ3n) is 4.91. The van der Waals surface area contributed by atoms with E-state index in [1.54, 1.807) is 0 Å². The van der Waals surface area contributed by atoms with E-state index >= 15 is 0 Å². The lowest BCUT2D eigenvalue weighted by atomic mass is 9.94. The van der Waals surface area contributed by atoms with Crippen molar-refractivity contribution in [3.05, 3.63) is 0 Å². The maximum atomic E-state index is 12.5. The van der Waals surface area contributed by atoms with Crippen LogP contribution in [0.15, 0.2) is 0 Å². The molecule has 2 amide bonds. The summed E-state index contributed by atoms with van der Waals surface area (Å²) >= 11 is 0. The molecular formula is C16H29N3O2. The number of nitrogens with one attached hydrogen (secondary N) is 1. The van der Waals surface area contributed by atoms with Gasteiger partial charge in [-0.05, 0) is 25.7 Å². The fourth-order valence-electron chi connectivity index (χ4n) is 3.52. The molecule has 2 fully saturated rings. The summed E-state index contributed by atoms with van der Waals surface area (Å²) in [6.07, 6.45) is 7.68. The van der Waals surface area contributed by atoms with Crippen LogP contribution in [0.25, 0.3) is 0 Å². The topological polar surface area (TPSA) is 52.7 Å². The van der Waals surface area contributed by atoms with Gasteiger partial charge in [-0.15, -0.1) is 0 Å². The maximum absolute atomic E-state index is 12.5. The Hall–Kier alpha value is -1.10. The van der Waals surface area contributed by atoms with Gasteiger partial charge in [0, 0.05) is 26.2 Å². The number of carbonyl (C=O) groups is 2. The van der Waals surface area contributed by atoms with E-state index in [2.05, 4.69) is 10.2 Å². The van der Waals surface area contributed by atoms with Gasteiger partial charge in [0.2, 0.25) is 11.8 Å². The van der Waals surface area contributed by atoms with Crippen LogP contribution in [0, 0.1) is 0 Å². The van der Waals surface area contributed by atoms with Gasteiger partial charge in [-0.1, -0.05) is 26.2 Å². The van der Waals surface area contributed by atoms with Gasteiger partial charge < -0.3 is 10.2 Å². The summed E-state index contributed by atoms with van der Waals surface area (Å²) in [7, 11) is 1.93. The molecule has 0 unspecified atom stereocenters. The Morgan fingerprint density at radius 2 is 2.00 bits per heavy atom. The summed E-state index contributed by atoms with van der Waals surface area (Å²) in [5, 5.41) is 2.94. The minimum absolute atomic E-state index is 0.0723. The van der Waals surface area contributed by atoms with E-state index in [1.165, 1.54) is 19.3 Å². The summed E-state index contributed by atoms with van der Waals surface area (Å²) in [6, 6.07) is 0.239. The Labute approximate surface area is 128 Å². The van der Waals surface area contributed by atoms with Gasteiger partial charge in [0.05, 0.1) is 12.6 Å². The monoisotopic (exact) mass is 295 g/mol. The van der Waals surface area contributed by atoms with Crippen molar-refractivity contribution in [2.24, 2.45) is 0 Å². The average Bonchev–Trinajstić information content (AvgIpc) is 2.68.